The lowest BCUT2D eigenvalue weighted by molar-refractivity contribution is 0.0699. The Morgan fingerprint density at radius 3 is 2.27 bits per heavy atom. The molecule has 2 N–H and O–H groups in total. The van der Waals surface area contributed by atoms with Gasteiger partial charge in [0.2, 0.25) is 0 Å². The van der Waals surface area contributed by atoms with E-state index in [0.29, 0.717) is 16.5 Å². The second-order valence-corrected chi connectivity index (χ2v) is 4.76. The number of aromatic carboxylic acids is 1. The Bertz CT molecular complexity index is 878. The van der Waals surface area contributed by atoms with Crippen molar-refractivity contribution in [3.63, 3.8) is 0 Å². The van der Waals surface area contributed by atoms with Crippen molar-refractivity contribution in [1.29, 1.82) is 0 Å². The van der Waals surface area contributed by atoms with Gasteiger partial charge in [0.05, 0.1) is 11.3 Å². The van der Waals surface area contributed by atoms with Crippen LogP contribution >= 0.6 is 0 Å². The number of carbonyl (C=O) groups is 1. The number of hydrogen-bond donors (Lipinski definition) is 2. The van der Waals surface area contributed by atoms with Gasteiger partial charge in [-0.25, -0.2) is 13.6 Å². The van der Waals surface area contributed by atoms with Crippen LogP contribution in [0.4, 0.5) is 20.2 Å². The summed E-state index contributed by atoms with van der Waals surface area (Å²) in [5.41, 5.74) is 0.835. The monoisotopic (exact) mass is 299 g/mol. The number of hydrogen-bond acceptors (Lipinski definition) is 2. The summed E-state index contributed by atoms with van der Waals surface area (Å²) in [4.78, 5) is 11.3. The summed E-state index contributed by atoms with van der Waals surface area (Å²) in [6.07, 6.45) is 0. The lowest BCUT2D eigenvalue weighted by Crippen LogP contribution is -2.00. The van der Waals surface area contributed by atoms with Gasteiger partial charge in [-0.05, 0) is 29.7 Å². The molecule has 0 saturated carbocycles. The van der Waals surface area contributed by atoms with Crippen LogP contribution in [0.1, 0.15) is 10.4 Å². The molecule has 0 spiro atoms. The van der Waals surface area contributed by atoms with E-state index < -0.39 is 17.6 Å². The molecule has 0 bridgehead atoms. The number of fused-ring (bicyclic) bond motifs is 1. The predicted octanol–water partition coefficient (Wildman–Crippen LogP) is 4.56. The molecule has 110 valence electrons. The molecule has 3 nitrogen and oxygen atoms in total. The Hall–Kier alpha value is -2.95. The number of carboxylic acids is 1. The van der Waals surface area contributed by atoms with Crippen molar-refractivity contribution in [2.24, 2.45) is 0 Å². The second-order valence-electron chi connectivity index (χ2n) is 4.76. The molecule has 0 unspecified atom stereocenters. The van der Waals surface area contributed by atoms with Gasteiger partial charge in [0.25, 0.3) is 0 Å². The molecule has 22 heavy (non-hydrogen) atoms. The topological polar surface area (TPSA) is 49.3 Å². The van der Waals surface area contributed by atoms with Gasteiger partial charge < -0.3 is 10.4 Å². The maximum atomic E-state index is 13.7. The quantitative estimate of drug-likeness (QED) is 0.745. The normalized spacial score (nSPS) is 10.6. The molecule has 0 heterocycles. The lowest BCUT2D eigenvalue weighted by Gasteiger charge is -2.12. The summed E-state index contributed by atoms with van der Waals surface area (Å²) in [5, 5.41) is 13.3. The maximum Gasteiger partial charge on any atom is 0.336 e. The smallest absolute Gasteiger partial charge is 0.336 e. The Balaban J connectivity index is 2.12. The van der Waals surface area contributed by atoms with Crippen molar-refractivity contribution in [3.8, 4) is 0 Å². The molecule has 0 aliphatic rings. The van der Waals surface area contributed by atoms with Gasteiger partial charge in [0.15, 0.2) is 0 Å². The molecule has 0 radical (unpaired) electrons. The van der Waals surface area contributed by atoms with Crippen LogP contribution in [0.2, 0.25) is 0 Å². The maximum absolute atomic E-state index is 13.7. The van der Waals surface area contributed by atoms with E-state index in [1.54, 1.807) is 30.3 Å². The number of nitrogens with one attached hydrogen (secondary N) is 1. The van der Waals surface area contributed by atoms with Crippen LogP contribution in [-0.2, 0) is 0 Å². The number of halogens is 2. The molecule has 5 heteroatoms. The van der Waals surface area contributed by atoms with Crippen molar-refractivity contribution >= 4 is 28.1 Å². The average Bonchev–Trinajstić information content (AvgIpc) is 2.50. The van der Waals surface area contributed by atoms with Crippen LogP contribution in [0.15, 0.2) is 54.6 Å². The SMILES string of the molecule is O=C(O)c1ccc(Nc2ccc(F)cc2F)c2ccccc12. The molecule has 0 aromatic heterocycles. The summed E-state index contributed by atoms with van der Waals surface area (Å²) in [6.45, 7) is 0. The van der Waals surface area contributed by atoms with E-state index in [1.165, 1.54) is 12.1 Å². The lowest BCUT2D eigenvalue weighted by atomic mass is 10.0. The minimum absolute atomic E-state index is 0.120. The van der Waals surface area contributed by atoms with Gasteiger partial charge in [-0.15, -0.1) is 0 Å². The molecule has 0 atom stereocenters. The van der Waals surface area contributed by atoms with E-state index >= 15 is 0 Å². The van der Waals surface area contributed by atoms with E-state index in [-0.39, 0.29) is 11.3 Å². The molecule has 0 aliphatic heterocycles. The van der Waals surface area contributed by atoms with Crippen molar-refractivity contribution in [2.45, 2.75) is 0 Å². The van der Waals surface area contributed by atoms with E-state index in [4.69, 9.17) is 0 Å². The van der Waals surface area contributed by atoms with E-state index in [9.17, 15) is 18.7 Å². The highest BCUT2D eigenvalue weighted by atomic mass is 19.1. The van der Waals surface area contributed by atoms with Crippen LogP contribution in [0.5, 0.6) is 0 Å². The molecular weight excluding hydrogens is 288 g/mol. The minimum Gasteiger partial charge on any atom is -0.478 e. The van der Waals surface area contributed by atoms with Gasteiger partial charge in [-0.3, -0.25) is 0 Å². The van der Waals surface area contributed by atoms with Crippen molar-refractivity contribution in [2.75, 3.05) is 5.32 Å². The largest absolute Gasteiger partial charge is 0.478 e. The number of rotatable bonds is 3. The molecule has 3 rings (SSSR count). The Morgan fingerprint density at radius 1 is 0.909 bits per heavy atom. The van der Waals surface area contributed by atoms with Gasteiger partial charge >= 0.3 is 5.97 Å². The fourth-order valence-electron chi connectivity index (χ4n) is 2.33. The van der Waals surface area contributed by atoms with Crippen LogP contribution < -0.4 is 5.32 Å². The van der Waals surface area contributed by atoms with Gasteiger partial charge in [0.1, 0.15) is 11.6 Å². The number of benzene rings is 3. The summed E-state index contributed by atoms with van der Waals surface area (Å²) < 4.78 is 26.7. The molecule has 3 aromatic rings. The molecule has 0 fully saturated rings. The average molecular weight is 299 g/mol. The summed E-state index contributed by atoms with van der Waals surface area (Å²) in [5.74, 6) is -2.41. The first-order valence-electron chi connectivity index (χ1n) is 6.53. The molecule has 3 aromatic carbocycles. The predicted molar refractivity (Wildman–Crippen MR) is 80.5 cm³/mol. The zero-order chi connectivity index (χ0) is 15.7. The van der Waals surface area contributed by atoms with Crippen molar-refractivity contribution in [3.05, 3.63) is 71.8 Å². The first kappa shape index (κ1) is 14.0. The van der Waals surface area contributed by atoms with Crippen molar-refractivity contribution in [1.82, 2.24) is 0 Å². The summed E-state index contributed by atoms with van der Waals surface area (Å²) in [6, 6.07) is 13.2. The van der Waals surface area contributed by atoms with Crippen molar-refractivity contribution < 1.29 is 18.7 Å². The first-order valence-corrected chi connectivity index (χ1v) is 6.53. The first-order chi connectivity index (χ1) is 10.6. The third-order valence-electron chi connectivity index (χ3n) is 3.35. The molecular formula is C17H11F2NO2. The molecule has 0 saturated heterocycles. The summed E-state index contributed by atoms with van der Waals surface area (Å²) in [7, 11) is 0. The van der Waals surface area contributed by atoms with E-state index in [2.05, 4.69) is 5.32 Å². The Morgan fingerprint density at radius 2 is 1.59 bits per heavy atom. The van der Waals surface area contributed by atoms with E-state index in [0.717, 1.165) is 12.1 Å². The Kier molecular flexibility index (Phi) is 3.47. The Labute approximate surface area is 124 Å². The van der Waals surface area contributed by atoms with Crippen LogP contribution in [0.3, 0.4) is 0 Å². The highest BCUT2D eigenvalue weighted by molar-refractivity contribution is 6.08. The number of carboxylic acid groups (broad SMARTS) is 1. The summed E-state index contributed by atoms with van der Waals surface area (Å²) >= 11 is 0. The minimum atomic E-state index is -1.03. The highest BCUT2D eigenvalue weighted by Crippen LogP contribution is 2.30. The third-order valence-corrected chi connectivity index (χ3v) is 3.35. The number of anilines is 2. The molecule has 0 aliphatic carbocycles. The zero-order valence-corrected chi connectivity index (χ0v) is 11.3. The third kappa shape index (κ3) is 2.48. The van der Waals surface area contributed by atoms with Crippen LogP contribution in [0.25, 0.3) is 10.8 Å². The molecule has 0 amide bonds. The standard InChI is InChI=1S/C17H11F2NO2/c18-10-5-7-16(14(19)9-10)20-15-8-6-13(17(21)22)11-3-1-2-4-12(11)15/h1-9,20H,(H,21,22). The van der Waals surface area contributed by atoms with Gasteiger partial charge in [0, 0.05) is 17.1 Å². The second kappa shape index (κ2) is 5.44. The zero-order valence-electron chi connectivity index (χ0n) is 11.3. The fraction of sp³-hybridized carbons (Fsp3) is 0. The van der Waals surface area contributed by atoms with E-state index in [1.807, 2.05) is 0 Å². The van der Waals surface area contributed by atoms with Gasteiger partial charge in [-0.2, -0.15) is 0 Å². The highest BCUT2D eigenvalue weighted by Gasteiger charge is 2.12. The van der Waals surface area contributed by atoms with Gasteiger partial charge in [-0.1, -0.05) is 24.3 Å². The van der Waals surface area contributed by atoms with Crippen LogP contribution in [-0.4, -0.2) is 11.1 Å². The van der Waals surface area contributed by atoms with Crippen LogP contribution in [0, 0.1) is 11.6 Å². The fourth-order valence-corrected chi connectivity index (χ4v) is 2.33.